The lowest BCUT2D eigenvalue weighted by molar-refractivity contribution is -0.117. The Morgan fingerprint density at radius 1 is 1.29 bits per heavy atom. The molecule has 14 heavy (non-hydrogen) atoms. The minimum atomic E-state index is 0.281. The van der Waals surface area contributed by atoms with Gasteiger partial charge in [-0.3, -0.25) is 0 Å². The number of ketones is 1. The van der Waals surface area contributed by atoms with Gasteiger partial charge in [0.2, 0.25) is 0 Å². The number of aryl methyl sites for hydroxylation is 1. The monoisotopic (exact) mass is 190 g/mol. The summed E-state index contributed by atoms with van der Waals surface area (Å²) in [4.78, 5) is 10.8. The largest absolute Gasteiger partial charge is 0.300 e. The number of hydrogen-bond donors (Lipinski definition) is 0. The first kappa shape index (κ1) is 11.0. The molecule has 0 fully saturated rings. The van der Waals surface area contributed by atoms with Gasteiger partial charge in [0.05, 0.1) is 0 Å². The van der Waals surface area contributed by atoms with Crippen LogP contribution in [-0.2, 0) is 4.79 Å². The Balaban J connectivity index is 2.56. The van der Waals surface area contributed by atoms with Crippen LogP contribution in [-0.4, -0.2) is 5.78 Å². The summed E-state index contributed by atoms with van der Waals surface area (Å²) < 4.78 is 0. The van der Waals surface area contributed by atoms with Crippen molar-refractivity contribution in [2.75, 3.05) is 0 Å². The van der Waals surface area contributed by atoms with E-state index in [1.807, 2.05) is 0 Å². The smallest absolute Gasteiger partial charge is 0.129 e. The average Bonchev–Trinajstić information content (AvgIpc) is 2.15. The number of Topliss-reactive ketones (excluding diaryl/α,β-unsaturated/α-hetero) is 1. The molecule has 1 rings (SSSR count). The van der Waals surface area contributed by atoms with Gasteiger partial charge < -0.3 is 4.79 Å². The van der Waals surface area contributed by atoms with Crippen molar-refractivity contribution in [2.24, 2.45) is 0 Å². The Bertz CT molecular complexity index is 298. The normalized spacial score (nSPS) is 12.5. The van der Waals surface area contributed by atoms with Crippen molar-refractivity contribution in [1.82, 2.24) is 0 Å². The van der Waals surface area contributed by atoms with Gasteiger partial charge in [-0.15, -0.1) is 0 Å². The Hall–Kier alpha value is -1.11. The standard InChI is InChI=1S/C13H18O/c1-10-4-8-13(9-5-10)11(2)6-7-12(3)14/h4-5,8-9,11H,6-7H2,1-3H3. The predicted octanol–water partition coefficient (Wildman–Crippen LogP) is 3.47. The fraction of sp³-hybridized carbons (Fsp3) is 0.462. The molecule has 0 saturated carbocycles. The molecule has 0 heterocycles. The molecule has 0 aliphatic heterocycles. The second kappa shape index (κ2) is 4.94. The van der Waals surface area contributed by atoms with Crippen molar-refractivity contribution in [3.8, 4) is 0 Å². The van der Waals surface area contributed by atoms with Crippen LogP contribution in [0.3, 0.4) is 0 Å². The Kier molecular flexibility index (Phi) is 3.87. The summed E-state index contributed by atoms with van der Waals surface area (Å²) >= 11 is 0. The van der Waals surface area contributed by atoms with Crippen molar-refractivity contribution in [1.29, 1.82) is 0 Å². The summed E-state index contributed by atoms with van der Waals surface area (Å²) in [6.07, 6.45) is 1.65. The lowest BCUT2D eigenvalue weighted by Crippen LogP contribution is -1.97. The quantitative estimate of drug-likeness (QED) is 0.710. The summed E-state index contributed by atoms with van der Waals surface area (Å²) in [7, 11) is 0. The van der Waals surface area contributed by atoms with E-state index in [1.54, 1.807) is 6.92 Å². The van der Waals surface area contributed by atoms with Gasteiger partial charge in [-0.1, -0.05) is 36.8 Å². The molecule has 1 nitrogen and oxygen atoms in total. The molecule has 1 atom stereocenters. The second-order valence-corrected chi connectivity index (χ2v) is 4.05. The van der Waals surface area contributed by atoms with E-state index in [1.165, 1.54) is 11.1 Å². The molecule has 0 saturated heterocycles. The van der Waals surface area contributed by atoms with Crippen LogP contribution >= 0.6 is 0 Å². The zero-order valence-corrected chi connectivity index (χ0v) is 9.21. The van der Waals surface area contributed by atoms with Gasteiger partial charge in [-0.2, -0.15) is 0 Å². The number of rotatable bonds is 4. The van der Waals surface area contributed by atoms with Crippen LogP contribution in [0, 0.1) is 6.92 Å². The third-order valence-electron chi connectivity index (χ3n) is 2.58. The molecule has 0 amide bonds. The van der Waals surface area contributed by atoms with Crippen molar-refractivity contribution in [3.63, 3.8) is 0 Å². The highest BCUT2D eigenvalue weighted by molar-refractivity contribution is 5.75. The minimum absolute atomic E-state index is 0.281. The predicted molar refractivity (Wildman–Crippen MR) is 59.5 cm³/mol. The molecule has 0 bridgehead atoms. The van der Waals surface area contributed by atoms with Gasteiger partial charge in [0.15, 0.2) is 0 Å². The summed E-state index contributed by atoms with van der Waals surface area (Å²) in [5.74, 6) is 0.767. The van der Waals surface area contributed by atoms with Crippen molar-refractivity contribution in [3.05, 3.63) is 35.4 Å². The molecule has 1 heteroatoms. The van der Waals surface area contributed by atoms with Crippen LogP contribution in [0.2, 0.25) is 0 Å². The first-order valence-corrected chi connectivity index (χ1v) is 5.15. The molecule has 1 aromatic carbocycles. The van der Waals surface area contributed by atoms with Crippen LogP contribution in [0.25, 0.3) is 0 Å². The molecular weight excluding hydrogens is 172 g/mol. The van der Waals surface area contributed by atoms with E-state index < -0.39 is 0 Å². The van der Waals surface area contributed by atoms with E-state index in [2.05, 4.69) is 38.1 Å². The highest BCUT2D eigenvalue weighted by atomic mass is 16.1. The highest BCUT2D eigenvalue weighted by Gasteiger charge is 2.05. The molecular formula is C13H18O. The average molecular weight is 190 g/mol. The Labute approximate surface area is 86.1 Å². The maximum Gasteiger partial charge on any atom is 0.129 e. The SMILES string of the molecule is CC(=O)CCC(C)c1ccc(C)cc1. The lowest BCUT2D eigenvalue weighted by Gasteiger charge is -2.10. The van der Waals surface area contributed by atoms with Gasteiger partial charge in [0.1, 0.15) is 5.78 Å². The number of benzene rings is 1. The number of hydrogen-bond acceptors (Lipinski definition) is 1. The van der Waals surface area contributed by atoms with E-state index in [9.17, 15) is 4.79 Å². The van der Waals surface area contributed by atoms with Crippen molar-refractivity contribution in [2.45, 2.75) is 39.5 Å². The van der Waals surface area contributed by atoms with Crippen LogP contribution < -0.4 is 0 Å². The molecule has 0 spiro atoms. The van der Waals surface area contributed by atoms with E-state index in [0.717, 1.165) is 6.42 Å². The van der Waals surface area contributed by atoms with Gasteiger partial charge in [-0.05, 0) is 31.7 Å². The first-order valence-electron chi connectivity index (χ1n) is 5.15. The molecule has 1 aromatic rings. The van der Waals surface area contributed by atoms with Crippen LogP contribution in [0.4, 0.5) is 0 Å². The Morgan fingerprint density at radius 2 is 1.86 bits per heavy atom. The molecule has 0 aliphatic carbocycles. The third-order valence-corrected chi connectivity index (χ3v) is 2.58. The minimum Gasteiger partial charge on any atom is -0.300 e. The van der Waals surface area contributed by atoms with Gasteiger partial charge >= 0.3 is 0 Å². The topological polar surface area (TPSA) is 17.1 Å². The van der Waals surface area contributed by atoms with Gasteiger partial charge in [0.25, 0.3) is 0 Å². The molecule has 0 aromatic heterocycles. The zero-order valence-electron chi connectivity index (χ0n) is 9.21. The number of carbonyl (C=O) groups excluding carboxylic acids is 1. The van der Waals surface area contributed by atoms with Crippen LogP contribution in [0.5, 0.6) is 0 Å². The molecule has 1 unspecified atom stereocenters. The van der Waals surface area contributed by atoms with E-state index in [4.69, 9.17) is 0 Å². The fourth-order valence-corrected chi connectivity index (χ4v) is 1.48. The maximum absolute atomic E-state index is 10.8. The van der Waals surface area contributed by atoms with E-state index >= 15 is 0 Å². The van der Waals surface area contributed by atoms with Gasteiger partial charge in [0, 0.05) is 6.42 Å². The summed E-state index contributed by atoms with van der Waals surface area (Å²) in [6.45, 7) is 5.92. The maximum atomic E-state index is 10.8. The summed E-state index contributed by atoms with van der Waals surface area (Å²) in [5, 5.41) is 0. The third kappa shape index (κ3) is 3.33. The van der Waals surface area contributed by atoms with Crippen LogP contribution in [0.15, 0.2) is 24.3 Å². The molecule has 0 aliphatic rings. The lowest BCUT2D eigenvalue weighted by atomic mass is 9.95. The fourth-order valence-electron chi connectivity index (χ4n) is 1.48. The molecule has 0 radical (unpaired) electrons. The van der Waals surface area contributed by atoms with E-state index in [-0.39, 0.29) is 5.78 Å². The van der Waals surface area contributed by atoms with E-state index in [0.29, 0.717) is 12.3 Å². The summed E-state index contributed by atoms with van der Waals surface area (Å²) in [6, 6.07) is 8.56. The Morgan fingerprint density at radius 3 is 2.36 bits per heavy atom. The van der Waals surface area contributed by atoms with Crippen LogP contribution in [0.1, 0.15) is 43.7 Å². The van der Waals surface area contributed by atoms with Crippen molar-refractivity contribution >= 4 is 5.78 Å². The highest BCUT2D eigenvalue weighted by Crippen LogP contribution is 2.20. The molecule has 0 N–H and O–H groups in total. The van der Waals surface area contributed by atoms with Crippen molar-refractivity contribution < 1.29 is 4.79 Å². The first-order chi connectivity index (χ1) is 6.59. The second-order valence-electron chi connectivity index (χ2n) is 4.05. The molecule has 76 valence electrons. The summed E-state index contributed by atoms with van der Waals surface area (Å²) in [5.41, 5.74) is 2.62. The number of carbonyl (C=O) groups is 1. The zero-order chi connectivity index (χ0) is 10.6. The van der Waals surface area contributed by atoms with Gasteiger partial charge in [-0.25, -0.2) is 0 Å².